The Labute approximate surface area is 175 Å². The molecular weight excluding hydrogens is 384 g/mol. The molecule has 2 amide bonds. The molecule has 7 heteroatoms. The average Bonchev–Trinajstić information content (AvgIpc) is 2.98. The van der Waals surface area contributed by atoms with Gasteiger partial charge in [-0.1, -0.05) is 35.9 Å². The van der Waals surface area contributed by atoms with Gasteiger partial charge in [0.25, 0.3) is 5.91 Å². The number of nitrogens with one attached hydrogen (secondary N) is 1. The molecule has 2 aromatic carbocycles. The van der Waals surface area contributed by atoms with Crippen LogP contribution in [-0.2, 0) is 16.1 Å². The second kappa shape index (κ2) is 8.85. The third-order valence-corrected chi connectivity index (χ3v) is 5.83. The Hall–Kier alpha value is -2.90. The van der Waals surface area contributed by atoms with Crippen molar-refractivity contribution in [3.05, 3.63) is 64.7 Å². The number of rotatable bonds is 3. The SMILES string of the molecule is Cc1cccc([C@@H]2COc3cc(C(=O)NO)ccc3CN2C(=O)C2CCOCC2)c1. The van der Waals surface area contributed by atoms with E-state index in [0.29, 0.717) is 31.1 Å². The van der Waals surface area contributed by atoms with Crippen LogP contribution in [0.5, 0.6) is 5.75 Å². The Kier molecular flexibility index (Phi) is 6.01. The molecule has 4 rings (SSSR count). The maximum absolute atomic E-state index is 13.5. The molecule has 2 N–H and O–H groups in total. The van der Waals surface area contributed by atoms with E-state index in [4.69, 9.17) is 14.7 Å². The highest BCUT2D eigenvalue weighted by Crippen LogP contribution is 2.34. The summed E-state index contributed by atoms with van der Waals surface area (Å²) in [6, 6.07) is 12.9. The number of fused-ring (bicyclic) bond motifs is 1. The number of hydroxylamine groups is 1. The molecule has 0 radical (unpaired) electrons. The molecule has 2 aliphatic rings. The maximum atomic E-state index is 13.5. The van der Waals surface area contributed by atoms with Crippen molar-refractivity contribution < 1.29 is 24.3 Å². The number of benzene rings is 2. The summed E-state index contributed by atoms with van der Waals surface area (Å²) < 4.78 is 11.5. The molecule has 0 spiro atoms. The normalized spacial score (nSPS) is 19.4. The zero-order valence-electron chi connectivity index (χ0n) is 17.0. The van der Waals surface area contributed by atoms with Crippen molar-refractivity contribution in [1.29, 1.82) is 0 Å². The largest absolute Gasteiger partial charge is 0.491 e. The summed E-state index contributed by atoms with van der Waals surface area (Å²) in [4.78, 5) is 27.2. The molecular formula is C23H26N2O5. The first-order valence-corrected chi connectivity index (χ1v) is 10.2. The van der Waals surface area contributed by atoms with E-state index >= 15 is 0 Å². The summed E-state index contributed by atoms with van der Waals surface area (Å²) in [5.41, 5.74) is 4.92. The van der Waals surface area contributed by atoms with E-state index in [1.165, 1.54) is 0 Å². The lowest BCUT2D eigenvalue weighted by Gasteiger charge is -2.34. The first kappa shape index (κ1) is 20.4. The Morgan fingerprint density at radius 3 is 2.67 bits per heavy atom. The van der Waals surface area contributed by atoms with Crippen LogP contribution in [0.1, 0.15) is 45.9 Å². The van der Waals surface area contributed by atoms with Crippen molar-refractivity contribution in [3.63, 3.8) is 0 Å². The van der Waals surface area contributed by atoms with Crippen molar-refractivity contribution in [3.8, 4) is 5.75 Å². The number of aryl methyl sites for hydroxylation is 1. The number of hydrogen-bond donors (Lipinski definition) is 2. The van der Waals surface area contributed by atoms with Gasteiger partial charge in [-0.25, -0.2) is 5.48 Å². The zero-order valence-corrected chi connectivity index (χ0v) is 17.0. The monoisotopic (exact) mass is 410 g/mol. The standard InChI is InChI=1S/C23H26N2O5/c1-15-3-2-4-17(11-15)20-14-30-21-12-18(22(26)24-28)5-6-19(21)13-25(20)23(27)16-7-9-29-10-8-16/h2-6,11-12,16,20,28H,7-10,13-14H2,1H3,(H,24,26)/t20-/m0/s1. The van der Waals surface area contributed by atoms with Gasteiger partial charge in [0.15, 0.2) is 0 Å². The first-order valence-electron chi connectivity index (χ1n) is 10.2. The fraction of sp³-hybridized carbons (Fsp3) is 0.391. The van der Waals surface area contributed by atoms with E-state index in [2.05, 4.69) is 6.07 Å². The van der Waals surface area contributed by atoms with Gasteiger partial charge < -0.3 is 14.4 Å². The fourth-order valence-corrected chi connectivity index (χ4v) is 4.14. The van der Waals surface area contributed by atoms with Crippen LogP contribution in [0.3, 0.4) is 0 Å². The smallest absolute Gasteiger partial charge is 0.274 e. The van der Waals surface area contributed by atoms with Gasteiger partial charge in [0.05, 0.1) is 12.6 Å². The van der Waals surface area contributed by atoms with Crippen molar-refractivity contribution in [2.75, 3.05) is 19.8 Å². The minimum atomic E-state index is -0.601. The topological polar surface area (TPSA) is 88.1 Å². The third kappa shape index (κ3) is 4.17. The van der Waals surface area contributed by atoms with Crippen LogP contribution in [0.25, 0.3) is 0 Å². The Balaban J connectivity index is 1.69. The van der Waals surface area contributed by atoms with Crippen molar-refractivity contribution in [2.45, 2.75) is 32.4 Å². The molecule has 2 heterocycles. The average molecular weight is 410 g/mol. The highest BCUT2D eigenvalue weighted by atomic mass is 16.5. The molecule has 0 aromatic heterocycles. The van der Waals surface area contributed by atoms with Gasteiger partial charge in [-0.3, -0.25) is 14.8 Å². The van der Waals surface area contributed by atoms with E-state index in [1.54, 1.807) is 23.7 Å². The van der Waals surface area contributed by atoms with E-state index in [0.717, 1.165) is 29.5 Å². The highest BCUT2D eigenvalue weighted by molar-refractivity contribution is 5.93. The lowest BCUT2D eigenvalue weighted by atomic mass is 9.95. The van der Waals surface area contributed by atoms with Crippen LogP contribution >= 0.6 is 0 Å². The van der Waals surface area contributed by atoms with Crippen LogP contribution in [-0.4, -0.2) is 41.7 Å². The minimum Gasteiger partial charge on any atom is -0.491 e. The van der Waals surface area contributed by atoms with Gasteiger partial charge in [-0.05, 0) is 37.5 Å². The molecule has 0 bridgehead atoms. The molecule has 2 aliphatic heterocycles. The third-order valence-electron chi connectivity index (χ3n) is 5.83. The molecule has 1 fully saturated rings. The van der Waals surface area contributed by atoms with Crippen molar-refractivity contribution in [1.82, 2.24) is 10.4 Å². The molecule has 30 heavy (non-hydrogen) atoms. The molecule has 0 saturated carbocycles. The van der Waals surface area contributed by atoms with Crippen LogP contribution in [0, 0.1) is 12.8 Å². The summed E-state index contributed by atoms with van der Waals surface area (Å²) in [5.74, 6) is -0.00228. The number of amides is 2. The Morgan fingerprint density at radius 2 is 1.93 bits per heavy atom. The van der Waals surface area contributed by atoms with Gasteiger partial charge in [-0.2, -0.15) is 0 Å². The van der Waals surface area contributed by atoms with Gasteiger partial charge in [-0.15, -0.1) is 0 Å². The number of carbonyl (C=O) groups excluding carboxylic acids is 2. The molecule has 1 saturated heterocycles. The lowest BCUT2D eigenvalue weighted by molar-refractivity contribution is -0.142. The van der Waals surface area contributed by atoms with Gasteiger partial charge in [0.2, 0.25) is 5.91 Å². The van der Waals surface area contributed by atoms with Crippen molar-refractivity contribution >= 4 is 11.8 Å². The summed E-state index contributed by atoms with van der Waals surface area (Å²) in [5, 5.41) is 8.92. The van der Waals surface area contributed by atoms with Crippen LogP contribution in [0.15, 0.2) is 42.5 Å². The molecule has 0 aliphatic carbocycles. The first-order chi connectivity index (χ1) is 14.6. The van der Waals surface area contributed by atoms with Gasteiger partial charge in [0.1, 0.15) is 12.4 Å². The highest BCUT2D eigenvalue weighted by Gasteiger charge is 2.34. The molecule has 1 atom stereocenters. The van der Waals surface area contributed by atoms with E-state index in [-0.39, 0.29) is 24.5 Å². The van der Waals surface area contributed by atoms with Crippen molar-refractivity contribution in [2.24, 2.45) is 5.92 Å². The molecule has 0 unspecified atom stereocenters. The number of hydrogen-bond acceptors (Lipinski definition) is 5. The summed E-state index contributed by atoms with van der Waals surface area (Å²) in [6.45, 7) is 3.92. The Morgan fingerprint density at radius 1 is 1.13 bits per heavy atom. The lowest BCUT2D eigenvalue weighted by Crippen LogP contribution is -2.41. The zero-order chi connectivity index (χ0) is 21.1. The van der Waals surface area contributed by atoms with E-state index < -0.39 is 5.91 Å². The van der Waals surface area contributed by atoms with Gasteiger partial charge in [0, 0.05) is 30.3 Å². The second-order valence-electron chi connectivity index (χ2n) is 7.86. The van der Waals surface area contributed by atoms with E-state index in [9.17, 15) is 9.59 Å². The quantitative estimate of drug-likeness (QED) is 0.600. The minimum absolute atomic E-state index is 0.0629. The van der Waals surface area contributed by atoms with Crippen LogP contribution in [0.2, 0.25) is 0 Å². The fourth-order valence-electron chi connectivity index (χ4n) is 4.14. The van der Waals surface area contributed by atoms with Crippen LogP contribution < -0.4 is 10.2 Å². The predicted molar refractivity (Wildman–Crippen MR) is 109 cm³/mol. The van der Waals surface area contributed by atoms with E-state index in [1.807, 2.05) is 30.0 Å². The summed E-state index contributed by atoms with van der Waals surface area (Å²) in [7, 11) is 0. The number of ether oxygens (including phenoxy) is 2. The van der Waals surface area contributed by atoms with Gasteiger partial charge >= 0.3 is 0 Å². The predicted octanol–water partition coefficient (Wildman–Crippen LogP) is 3.00. The number of nitrogens with zero attached hydrogens (tertiary/aromatic N) is 1. The summed E-state index contributed by atoms with van der Waals surface area (Å²) in [6.07, 6.45) is 1.44. The molecule has 2 aromatic rings. The Bertz CT molecular complexity index is 939. The maximum Gasteiger partial charge on any atom is 0.274 e. The summed E-state index contributed by atoms with van der Waals surface area (Å²) >= 11 is 0. The molecule has 158 valence electrons. The second-order valence-corrected chi connectivity index (χ2v) is 7.86. The molecule has 7 nitrogen and oxygen atoms in total. The van der Waals surface area contributed by atoms with Crippen LogP contribution in [0.4, 0.5) is 0 Å². The number of carbonyl (C=O) groups is 2.